The Balaban J connectivity index is 1.87. The minimum absolute atomic E-state index is 0.138. The van der Waals surface area contributed by atoms with Crippen LogP contribution in [0.25, 0.3) is 0 Å². The van der Waals surface area contributed by atoms with Crippen LogP contribution in [0.4, 0.5) is 0 Å². The summed E-state index contributed by atoms with van der Waals surface area (Å²) in [6.45, 7) is 9.18. The van der Waals surface area contributed by atoms with Gasteiger partial charge in [-0.3, -0.25) is 9.59 Å². The van der Waals surface area contributed by atoms with Gasteiger partial charge in [0, 0.05) is 19.5 Å². The first-order chi connectivity index (χ1) is 17.9. The Labute approximate surface area is 221 Å². The fourth-order valence-electron chi connectivity index (χ4n) is 4.21. The number of unbranched alkanes of at least 4 members (excludes halogenated alkanes) is 1. The number of nitrogens with zero attached hydrogens (tertiary/aromatic N) is 1. The van der Waals surface area contributed by atoms with Crippen molar-refractivity contribution >= 4 is 11.8 Å². The molecular formula is C32H40N2O3. The smallest absolute Gasteiger partial charge is 0.261 e. The number of carbonyl (C=O) groups is 2. The van der Waals surface area contributed by atoms with Crippen LogP contribution in [-0.4, -0.2) is 35.9 Å². The Kier molecular flexibility index (Phi) is 10.8. The Bertz CT molecular complexity index is 1130. The zero-order valence-corrected chi connectivity index (χ0v) is 22.6. The van der Waals surface area contributed by atoms with Crippen molar-refractivity contribution in [2.75, 3.05) is 13.2 Å². The molecule has 3 aromatic carbocycles. The van der Waals surface area contributed by atoms with Gasteiger partial charge in [-0.2, -0.15) is 0 Å². The molecule has 0 fully saturated rings. The predicted molar refractivity (Wildman–Crippen MR) is 150 cm³/mol. The van der Waals surface area contributed by atoms with Gasteiger partial charge < -0.3 is 15.0 Å². The topological polar surface area (TPSA) is 58.6 Å². The van der Waals surface area contributed by atoms with Crippen LogP contribution in [0.5, 0.6) is 5.75 Å². The lowest BCUT2D eigenvalue weighted by molar-refractivity contribution is -0.142. The van der Waals surface area contributed by atoms with E-state index in [9.17, 15) is 9.59 Å². The van der Waals surface area contributed by atoms with Crippen LogP contribution in [0.15, 0.2) is 78.9 Å². The molecule has 0 spiro atoms. The van der Waals surface area contributed by atoms with Gasteiger partial charge in [-0.1, -0.05) is 93.9 Å². The van der Waals surface area contributed by atoms with Gasteiger partial charge in [-0.05, 0) is 53.6 Å². The molecule has 5 nitrogen and oxygen atoms in total. The molecule has 0 saturated heterocycles. The van der Waals surface area contributed by atoms with Crippen LogP contribution < -0.4 is 10.1 Å². The quantitative estimate of drug-likeness (QED) is 0.291. The summed E-state index contributed by atoms with van der Waals surface area (Å²) in [4.78, 5) is 28.8. The van der Waals surface area contributed by atoms with Crippen molar-refractivity contribution in [3.05, 3.63) is 101 Å². The number of ether oxygens (including phenoxy) is 1. The molecular weight excluding hydrogens is 460 g/mol. The molecule has 37 heavy (non-hydrogen) atoms. The van der Waals surface area contributed by atoms with Gasteiger partial charge in [-0.25, -0.2) is 0 Å². The van der Waals surface area contributed by atoms with E-state index < -0.39 is 6.04 Å². The molecule has 0 aliphatic heterocycles. The average Bonchev–Trinajstić information content (AvgIpc) is 2.91. The highest BCUT2D eigenvalue weighted by molar-refractivity contribution is 5.88. The number of hydrogen-bond donors (Lipinski definition) is 1. The second kappa shape index (κ2) is 14.2. The fourth-order valence-corrected chi connectivity index (χ4v) is 4.21. The monoisotopic (exact) mass is 500 g/mol. The Morgan fingerprint density at radius 2 is 1.59 bits per heavy atom. The maximum absolute atomic E-state index is 13.7. The van der Waals surface area contributed by atoms with Crippen LogP contribution in [0.2, 0.25) is 0 Å². The summed E-state index contributed by atoms with van der Waals surface area (Å²) in [5.74, 6) is 0.703. The molecule has 1 unspecified atom stereocenters. The summed E-state index contributed by atoms with van der Waals surface area (Å²) in [6.07, 6.45) is 2.31. The number of hydrogen-bond acceptors (Lipinski definition) is 3. The van der Waals surface area contributed by atoms with Crippen LogP contribution in [0, 0.1) is 6.92 Å². The summed E-state index contributed by atoms with van der Waals surface area (Å²) in [5.41, 5.74) is 4.31. The lowest BCUT2D eigenvalue weighted by atomic mass is 10.0. The fraction of sp³-hybridized carbons (Fsp3) is 0.375. The molecule has 5 heteroatoms. The number of benzene rings is 3. The second-order valence-electron chi connectivity index (χ2n) is 9.81. The molecule has 0 aromatic heterocycles. The lowest BCUT2D eigenvalue weighted by Crippen LogP contribution is -2.52. The Hall–Kier alpha value is -3.60. The van der Waals surface area contributed by atoms with Gasteiger partial charge in [-0.15, -0.1) is 0 Å². The molecule has 0 radical (unpaired) electrons. The molecule has 196 valence electrons. The van der Waals surface area contributed by atoms with Crippen LogP contribution in [0.1, 0.15) is 61.8 Å². The van der Waals surface area contributed by atoms with Crippen molar-refractivity contribution in [2.24, 2.45) is 0 Å². The van der Waals surface area contributed by atoms with E-state index in [-0.39, 0.29) is 18.4 Å². The standard InChI is InChI=1S/C32H40N2O3/c1-5-6-20-33-32(36)30(21-26-13-8-7-9-14-26)34(22-28-15-11-10-12-25(28)4)31(35)23-37-29-18-16-27(17-19-29)24(2)3/h7-19,24,30H,5-6,20-23H2,1-4H3,(H,33,36). The van der Waals surface area contributed by atoms with E-state index in [0.29, 0.717) is 31.2 Å². The largest absolute Gasteiger partial charge is 0.484 e. The van der Waals surface area contributed by atoms with E-state index in [2.05, 4.69) is 26.1 Å². The molecule has 0 saturated carbocycles. The van der Waals surface area contributed by atoms with E-state index in [1.54, 1.807) is 4.90 Å². The first kappa shape index (κ1) is 28.0. The number of rotatable bonds is 13. The summed E-state index contributed by atoms with van der Waals surface area (Å²) in [6, 6.07) is 25.0. The van der Waals surface area contributed by atoms with Crippen molar-refractivity contribution in [1.29, 1.82) is 0 Å². The maximum Gasteiger partial charge on any atom is 0.261 e. The third kappa shape index (κ3) is 8.49. The third-order valence-electron chi connectivity index (χ3n) is 6.61. The van der Waals surface area contributed by atoms with Gasteiger partial charge in [0.2, 0.25) is 5.91 Å². The van der Waals surface area contributed by atoms with Gasteiger partial charge in [0.1, 0.15) is 11.8 Å². The van der Waals surface area contributed by atoms with Crippen molar-refractivity contribution in [1.82, 2.24) is 10.2 Å². The predicted octanol–water partition coefficient (Wildman–Crippen LogP) is 6.05. The summed E-state index contributed by atoms with van der Waals surface area (Å²) >= 11 is 0. The normalized spacial score (nSPS) is 11.7. The molecule has 3 rings (SSSR count). The van der Waals surface area contributed by atoms with Crippen molar-refractivity contribution in [2.45, 2.75) is 65.5 Å². The SMILES string of the molecule is CCCCNC(=O)C(Cc1ccccc1)N(Cc1ccccc1C)C(=O)COc1ccc(C(C)C)cc1. The molecule has 3 aromatic rings. The summed E-state index contributed by atoms with van der Waals surface area (Å²) in [5, 5.41) is 3.06. The van der Waals surface area contributed by atoms with Crippen LogP contribution >= 0.6 is 0 Å². The van der Waals surface area contributed by atoms with E-state index >= 15 is 0 Å². The van der Waals surface area contributed by atoms with E-state index in [0.717, 1.165) is 29.5 Å². The highest BCUT2D eigenvalue weighted by Gasteiger charge is 2.30. The minimum atomic E-state index is -0.654. The summed E-state index contributed by atoms with van der Waals surface area (Å²) in [7, 11) is 0. The number of nitrogens with one attached hydrogen (secondary N) is 1. The van der Waals surface area contributed by atoms with Crippen LogP contribution in [-0.2, 0) is 22.6 Å². The van der Waals surface area contributed by atoms with Gasteiger partial charge >= 0.3 is 0 Å². The Morgan fingerprint density at radius 1 is 0.919 bits per heavy atom. The van der Waals surface area contributed by atoms with Crippen molar-refractivity contribution in [3.8, 4) is 5.75 Å². The molecule has 0 aliphatic carbocycles. The zero-order valence-electron chi connectivity index (χ0n) is 22.6. The molecule has 1 atom stereocenters. The lowest BCUT2D eigenvalue weighted by Gasteiger charge is -2.32. The highest BCUT2D eigenvalue weighted by Crippen LogP contribution is 2.20. The molecule has 0 aliphatic rings. The average molecular weight is 501 g/mol. The van der Waals surface area contributed by atoms with Gasteiger partial charge in [0.15, 0.2) is 6.61 Å². The number of carbonyl (C=O) groups excluding carboxylic acids is 2. The first-order valence-electron chi connectivity index (χ1n) is 13.3. The number of amides is 2. The van der Waals surface area contributed by atoms with Crippen LogP contribution in [0.3, 0.4) is 0 Å². The minimum Gasteiger partial charge on any atom is -0.484 e. The Morgan fingerprint density at radius 3 is 2.24 bits per heavy atom. The van der Waals surface area contributed by atoms with E-state index in [1.165, 1.54) is 5.56 Å². The summed E-state index contributed by atoms with van der Waals surface area (Å²) < 4.78 is 5.91. The van der Waals surface area contributed by atoms with E-state index in [1.807, 2.05) is 85.8 Å². The van der Waals surface area contributed by atoms with Crippen molar-refractivity contribution < 1.29 is 14.3 Å². The molecule has 0 bridgehead atoms. The second-order valence-corrected chi connectivity index (χ2v) is 9.81. The van der Waals surface area contributed by atoms with Gasteiger partial charge in [0.25, 0.3) is 5.91 Å². The molecule has 2 amide bonds. The third-order valence-corrected chi connectivity index (χ3v) is 6.61. The first-order valence-corrected chi connectivity index (χ1v) is 13.3. The van der Waals surface area contributed by atoms with E-state index in [4.69, 9.17) is 4.74 Å². The van der Waals surface area contributed by atoms with Crippen molar-refractivity contribution in [3.63, 3.8) is 0 Å². The molecule has 0 heterocycles. The number of aryl methyl sites for hydroxylation is 1. The highest BCUT2D eigenvalue weighted by atomic mass is 16.5. The maximum atomic E-state index is 13.7. The zero-order chi connectivity index (χ0) is 26.6. The van der Waals surface area contributed by atoms with Gasteiger partial charge in [0.05, 0.1) is 0 Å². The molecule has 1 N–H and O–H groups in total.